The predicted octanol–water partition coefficient (Wildman–Crippen LogP) is 2.81. The van der Waals surface area contributed by atoms with Crippen LogP contribution in [0.15, 0.2) is 24.3 Å². The van der Waals surface area contributed by atoms with E-state index >= 15 is 0 Å². The van der Waals surface area contributed by atoms with Crippen molar-refractivity contribution in [3.63, 3.8) is 0 Å². The second-order valence-corrected chi connectivity index (χ2v) is 6.37. The minimum atomic E-state index is 0. The number of rotatable bonds is 5. The van der Waals surface area contributed by atoms with E-state index in [2.05, 4.69) is 17.4 Å². The summed E-state index contributed by atoms with van der Waals surface area (Å²) in [6.45, 7) is 0. The fourth-order valence-corrected chi connectivity index (χ4v) is 3.24. The number of nitrogens with two attached hydrogens (primary N) is 1. The number of hydrogen-bond acceptors (Lipinski definition) is 3. The number of halogens is 1. The van der Waals surface area contributed by atoms with Crippen LogP contribution in [0.2, 0.25) is 0 Å². The first-order valence-electron chi connectivity index (χ1n) is 7.87. The second-order valence-electron chi connectivity index (χ2n) is 6.37. The van der Waals surface area contributed by atoms with Crippen molar-refractivity contribution in [3.05, 3.63) is 29.8 Å². The monoisotopic (exact) mass is 324 g/mol. The average molecular weight is 325 g/mol. The Labute approximate surface area is 138 Å². The molecular weight excluding hydrogens is 300 g/mol. The number of carbonyl (C=O) groups excluding carboxylic acids is 1. The lowest BCUT2D eigenvalue weighted by Crippen LogP contribution is -2.34. The van der Waals surface area contributed by atoms with Gasteiger partial charge < -0.3 is 15.8 Å². The van der Waals surface area contributed by atoms with Crippen LogP contribution in [-0.4, -0.2) is 19.1 Å². The van der Waals surface area contributed by atoms with Gasteiger partial charge in [-0.15, -0.1) is 12.4 Å². The zero-order chi connectivity index (χ0) is 14.8. The largest absolute Gasteiger partial charge is 0.497 e. The highest BCUT2D eigenvalue weighted by molar-refractivity contribution is 5.85. The molecule has 0 bridgehead atoms. The van der Waals surface area contributed by atoms with Gasteiger partial charge in [0.1, 0.15) is 5.75 Å². The van der Waals surface area contributed by atoms with Crippen molar-refractivity contribution < 1.29 is 9.53 Å². The molecule has 4 nitrogen and oxygen atoms in total. The molecule has 5 heteroatoms. The molecule has 2 fully saturated rings. The van der Waals surface area contributed by atoms with E-state index in [1.54, 1.807) is 7.11 Å². The number of benzene rings is 1. The number of ether oxygens (including phenoxy) is 1. The molecule has 2 saturated carbocycles. The minimum Gasteiger partial charge on any atom is -0.497 e. The number of hydrogen-bond donors (Lipinski definition) is 2. The Morgan fingerprint density at radius 2 is 1.91 bits per heavy atom. The quantitative estimate of drug-likeness (QED) is 0.875. The molecular formula is C17H25ClN2O2. The molecule has 1 amide bonds. The lowest BCUT2D eigenvalue weighted by molar-refractivity contribution is -0.125. The Hall–Kier alpha value is -1.26. The standard InChI is InChI=1S/C17H24N2O2.ClH/c1-21-15-8-5-12(6-9-15)16(11-2-3-11)19-17(20)13-4-7-14(18)10-13;/h5-6,8-9,11,13-14,16H,2-4,7,10,18H2,1H3,(H,19,20);1H. The van der Waals surface area contributed by atoms with Gasteiger partial charge in [-0.1, -0.05) is 12.1 Å². The van der Waals surface area contributed by atoms with Crippen LogP contribution in [0.4, 0.5) is 0 Å². The summed E-state index contributed by atoms with van der Waals surface area (Å²) in [6.07, 6.45) is 5.11. The van der Waals surface area contributed by atoms with E-state index in [1.807, 2.05) is 12.1 Å². The first kappa shape index (κ1) is 17.1. The van der Waals surface area contributed by atoms with Gasteiger partial charge in [0, 0.05) is 12.0 Å². The summed E-state index contributed by atoms with van der Waals surface area (Å²) < 4.78 is 5.20. The average Bonchev–Trinajstić information content (AvgIpc) is 3.25. The second kappa shape index (κ2) is 7.34. The Morgan fingerprint density at radius 3 is 2.41 bits per heavy atom. The maximum atomic E-state index is 12.4. The lowest BCUT2D eigenvalue weighted by atomic mass is 10.00. The SMILES string of the molecule is COc1ccc(C(NC(=O)C2CCC(N)C2)C2CC2)cc1.Cl. The Morgan fingerprint density at radius 1 is 1.23 bits per heavy atom. The van der Waals surface area contributed by atoms with Crippen LogP contribution < -0.4 is 15.8 Å². The van der Waals surface area contributed by atoms with Crippen LogP contribution >= 0.6 is 12.4 Å². The molecule has 1 aromatic carbocycles. The molecule has 0 spiro atoms. The summed E-state index contributed by atoms with van der Waals surface area (Å²) in [5.41, 5.74) is 7.09. The molecule has 3 N–H and O–H groups in total. The van der Waals surface area contributed by atoms with Gasteiger partial charge in [-0.3, -0.25) is 4.79 Å². The number of nitrogens with one attached hydrogen (secondary N) is 1. The molecule has 0 saturated heterocycles. The maximum Gasteiger partial charge on any atom is 0.223 e. The van der Waals surface area contributed by atoms with Gasteiger partial charge in [-0.25, -0.2) is 0 Å². The van der Waals surface area contributed by atoms with E-state index in [0.29, 0.717) is 5.92 Å². The molecule has 2 aliphatic rings. The van der Waals surface area contributed by atoms with Gasteiger partial charge in [0.2, 0.25) is 5.91 Å². The van der Waals surface area contributed by atoms with Crippen molar-refractivity contribution in [2.24, 2.45) is 17.6 Å². The molecule has 0 aliphatic heterocycles. The normalized spacial score (nSPS) is 25.2. The number of amides is 1. The van der Waals surface area contributed by atoms with Gasteiger partial charge in [-0.2, -0.15) is 0 Å². The zero-order valence-electron chi connectivity index (χ0n) is 13.0. The highest BCUT2D eigenvalue weighted by Crippen LogP contribution is 2.41. The van der Waals surface area contributed by atoms with E-state index in [1.165, 1.54) is 18.4 Å². The van der Waals surface area contributed by atoms with Gasteiger partial charge >= 0.3 is 0 Å². The number of methoxy groups -OCH3 is 1. The fraction of sp³-hybridized carbons (Fsp3) is 0.588. The molecule has 0 radical (unpaired) electrons. The van der Waals surface area contributed by atoms with Crippen LogP contribution in [0.1, 0.15) is 43.7 Å². The zero-order valence-corrected chi connectivity index (χ0v) is 13.8. The lowest BCUT2D eigenvalue weighted by Gasteiger charge is -2.21. The van der Waals surface area contributed by atoms with E-state index in [4.69, 9.17) is 10.5 Å². The van der Waals surface area contributed by atoms with Gasteiger partial charge in [0.25, 0.3) is 0 Å². The van der Waals surface area contributed by atoms with Crippen molar-refractivity contribution in [1.29, 1.82) is 0 Å². The summed E-state index contributed by atoms with van der Waals surface area (Å²) in [7, 11) is 1.67. The summed E-state index contributed by atoms with van der Waals surface area (Å²) in [5, 5.41) is 3.26. The minimum absolute atomic E-state index is 0. The molecule has 1 aromatic rings. The first-order valence-corrected chi connectivity index (χ1v) is 7.87. The van der Waals surface area contributed by atoms with Crippen molar-refractivity contribution in [1.82, 2.24) is 5.32 Å². The maximum absolute atomic E-state index is 12.4. The molecule has 3 rings (SSSR count). The van der Waals surface area contributed by atoms with Crippen LogP contribution in [0, 0.1) is 11.8 Å². The third-order valence-electron chi connectivity index (χ3n) is 4.71. The molecule has 122 valence electrons. The Balaban J connectivity index is 0.00000176. The van der Waals surface area contributed by atoms with E-state index < -0.39 is 0 Å². The van der Waals surface area contributed by atoms with E-state index in [-0.39, 0.29) is 36.3 Å². The third kappa shape index (κ3) is 3.93. The van der Waals surface area contributed by atoms with E-state index in [0.717, 1.165) is 25.0 Å². The summed E-state index contributed by atoms with van der Waals surface area (Å²) in [4.78, 5) is 12.4. The summed E-state index contributed by atoms with van der Waals surface area (Å²) in [6, 6.07) is 8.37. The van der Waals surface area contributed by atoms with Crippen molar-refractivity contribution in [3.8, 4) is 5.75 Å². The topological polar surface area (TPSA) is 64.3 Å². The Bertz CT molecular complexity index is 502. The molecule has 22 heavy (non-hydrogen) atoms. The van der Waals surface area contributed by atoms with Crippen LogP contribution in [0.5, 0.6) is 5.75 Å². The van der Waals surface area contributed by atoms with Crippen molar-refractivity contribution in [2.75, 3.05) is 7.11 Å². The molecule has 3 atom stereocenters. The summed E-state index contributed by atoms with van der Waals surface area (Å²) in [5.74, 6) is 1.70. The van der Waals surface area contributed by atoms with Crippen LogP contribution in [0.25, 0.3) is 0 Å². The number of carbonyl (C=O) groups is 1. The highest BCUT2D eigenvalue weighted by atomic mass is 35.5. The van der Waals surface area contributed by atoms with E-state index in [9.17, 15) is 4.79 Å². The third-order valence-corrected chi connectivity index (χ3v) is 4.71. The van der Waals surface area contributed by atoms with Gasteiger partial charge in [0.15, 0.2) is 0 Å². The molecule has 2 aliphatic carbocycles. The smallest absolute Gasteiger partial charge is 0.223 e. The van der Waals surface area contributed by atoms with Gasteiger partial charge in [-0.05, 0) is 55.7 Å². The summed E-state index contributed by atoms with van der Waals surface area (Å²) >= 11 is 0. The highest BCUT2D eigenvalue weighted by Gasteiger charge is 2.36. The fourth-order valence-electron chi connectivity index (χ4n) is 3.24. The van der Waals surface area contributed by atoms with Crippen molar-refractivity contribution in [2.45, 2.75) is 44.2 Å². The molecule has 3 unspecified atom stereocenters. The van der Waals surface area contributed by atoms with Crippen LogP contribution in [0.3, 0.4) is 0 Å². The first-order chi connectivity index (χ1) is 10.2. The van der Waals surface area contributed by atoms with Crippen LogP contribution in [-0.2, 0) is 4.79 Å². The Kier molecular flexibility index (Phi) is 5.70. The van der Waals surface area contributed by atoms with Gasteiger partial charge in [0.05, 0.1) is 13.2 Å². The molecule has 0 aromatic heterocycles. The van der Waals surface area contributed by atoms with Crippen molar-refractivity contribution >= 4 is 18.3 Å². The predicted molar refractivity (Wildman–Crippen MR) is 89.2 cm³/mol. The molecule has 0 heterocycles.